The van der Waals surface area contributed by atoms with Crippen LogP contribution in [-0.2, 0) is 16.6 Å². The number of primary amides is 1. The predicted octanol–water partition coefficient (Wildman–Crippen LogP) is 2.75. The van der Waals surface area contributed by atoms with Crippen LogP contribution in [-0.4, -0.2) is 32.2 Å². The summed E-state index contributed by atoms with van der Waals surface area (Å²) in [6.07, 6.45) is 2.53. The molecule has 30 heavy (non-hydrogen) atoms. The Bertz CT molecular complexity index is 1230. The normalized spacial score (nSPS) is 11.7. The van der Waals surface area contributed by atoms with Gasteiger partial charge in [-0.3, -0.25) is 9.78 Å². The van der Waals surface area contributed by atoms with Gasteiger partial charge >= 0.3 is 0 Å². The summed E-state index contributed by atoms with van der Waals surface area (Å²) in [6, 6.07) is 17.6. The summed E-state index contributed by atoms with van der Waals surface area (Å²) in [5.41, 5.74) is 14.7. The summed E-state index contributed by atoms with van der Waals surface area (Å²) in [6.45, 7) is 4.09. The summed E-state index contributed by atoms with van der Waals surface area (Å²) in [7, 11) is 0. The molecule has 152 valence electrons. The second kappa shape index (κ2) is 7.68. The van der Waals surface area contributed by atoms with E-state index in [4.69, 9.17) is 16.5 Å². The van der Waals surface area contributed by atoms with E-state index in [1.165, 1.54) is 0 Å². The van der Waals surface area contributed by atoms with Gasteiger partial charge in [-0.1, -0.05) is 24.3 Å². The van der Waals surface area contributed by atoms with Crippen molar-refractivity contribution in [1.82, 2.24) is 19.7 Å². The Labute approximate surface area is 174 Å². The van der Waals surface area contributed by atoms with Crippen molar-refractivity contribution in [3.8, 4) is 17.1 Å². The van der Waals surface area contributed by atoms with E-state index in [-0.39, 0.29) is 0 Å². The van der Waals surface area contributed by atoms with E-state index in [1.807, 2.05) is 48.5 Å². The SMILES string of the molecule is CC(C)(C(N)=O)c1cccc(-n2ncc3ccc(-c4cccc(CCN)n4)cc32)n1. The highest BCUT2D eigenvalue weighted by Gasteiger charge is 2.29. The van der Waals surface area contributed by atoms with Gasteiger partial charge in [-0.2, -0.15) is 5.10 Å². The molecule has 4 rings (SSSR count). The molecule has 4 aromatic rings. The summed E-state index contributed by atoms with van der Waals surface area (Å²) in [5.74, 6) is 0.196. The number of rotatable bonds is 6. The Balaban J connectivity index is 1.80. The van der Waals surface area contributed by atoms with Crippen LogP contribution in [0.25, 0.3) is 28.0 Å². The van der Waals surface area contributed by atoms with Crippen LogP contribution in [0.3, 0.4) is 0 Å². The molecule has 0 bridgehead atoms. The minimum absolute atomic E-state index is 0.428. The Morgan fingerprint density at radius 2 is 1.87 bits per heavy atom. The van der Waals surface area contributed by atoms with Gasteiger partial charge in [-0.15, -0.1) is 0 Å². The maximum Gasteiger partial charge on any atom is 0.229 e. The average molecular weight is 400 g/mol. The van der Waals surface area contributed by atoms with Gasteiger partial charge in [0.05, 0.1) is 28.5 Å². The average Bonchev–Trinajstić information content (AvgIpc) is 3.17. The van der Waals surface area contributed by atoms with Crippen molar-refractivity contribution in [1.29, 1.82) is 0 Å². The number of benzene rings is 1. The highest BCUT2D eigenvalue weighted by atomic mass is 16.1. The molecule has 0 saturated carbocycles. The first-order valence-electron chi connectivity index (χ1n) is 9.82. The quantitative estimate of drug-likeness (QED) is 0.517. The Kier molecular flexibility index (Phi) is 5.05. The number of amides is 1. The maximum absolute atomic E-state index is 11.9. The number of hydrogen-bond donors (Lipinski definition) is 2. The minimum Gasteiger partial charge on any atom is -0.369 e. The predicted molar refractivity (Wildman–Crippen MR) is 117 cm³/mol. The van der Waals surface area contributed by atoms with Crippen LogP contribution >= 0.6 is 0 Å². The number of fused-ring (bicyclic) bond motifs is 1. The Hall–Kier alpha value is -3.58. The first-order valence-corrected chi connectivity index (χ1v) is 9.82. The van der Waals surface area contributed by atoms with Crippen LogP contribution in [0.2, 0.25) is 0 Å². The Morgan fingerprint density at radius 3 is 2.63 bits per heavy atom. The molecule has 3 aromatic heterocycles. The monoisotopic (exact) mass is 400 g/mol. The van der Waals surface area contributed by atoms with Crippen LogP contribution in [0.1, 0.15) is 25.2 Å². The highest BCUT2D eigenvalue weighted by molar-refractivity contribution is 5.86. The largest absolute Gasteiger partial charge is 0.369 e. The first kappa shape index (κ1) is 19.7. The third-order valence-corrected chi connectivity index (χ3v) is 5.28. The molecular formula is C23H24N6O. The van der Waals surface area contributed by atoms with Crippen molar-refractivity contribution >= 4 is 16.8 Å². The van der Waals surface area contributed by atoms with E-state index in [0.29, 0.717) is 18.1 Å². The summed E-state index contributed by atoms with van der Waals surface area (Å²) < 4.78 is 1.77. The van der Waals surface area contributed by atoms with Crippen LogP contribution in [0.5, 0.6) is 0 Å². The molecule has 1 amide bonds. The van der Waals surface area contributed by atoms with Crippen LogP contribution in [0.15, 0.2) is 60.8 Å². The number of pyridine rings is 2. The van der Waals surface area contributed by atoms with Gasteiger partial charge in [-0.25, -0.2) is 9.67 Å². The third kappa shape index (κ3) is 3.55. The molecule has 7 nitrogen and oxygen atoms in total. The fourth-order valence-corrected chi connectivity index (χ4v) is 3.30. The third-order valence-electron chi connectivity index (χ3n) is 5.28. The number of nitrogens with two attached hydrogens (primary N) is 2. The molecule has 0 saturated heterocycles. The van der Waals surface area contributed by atoms with Gasteiger partial charge < -0.3 is 11.5 Å². The lowest BCUT2D eigenvalue weighted by atomic mass is 9.88. The van der Waals surface area contributed by atoms with E-state index in [0.717, 1.165) is 34.3 Å². The zero-order chi connectivity index (χ0) is 21.3. The van der Waals surface area contributed by atoms with E-state index in [9.17, 15) is 4.79 Å². The van der Waals surface area contributed by atoms with Gasteiger partial charge in [0.25, 0.3) is 0 Å². The molecule has 0 aliphatic carbocycles. The Morgan fingerprint density at radius 1 is 1.07 bits per heavy atom. The molecule has 0 unspecified atom stereocenters. The maximum atomic E-state index is 11.9. The second-order valence-electron chi connectivity index (χ2n) is 7.75. The number of aromatic nitrogens is 4. The fourth-order valence-electron chi connectivity index (χ4n) is 3.30. The van der Waals surface area contributed by atoms with Gasteiger partial charge in [0.15, 0.2) is 5.82 Å². The van der Waals surface area contributed by atoms with Crippen molar-refractivity contribution in [2.45, 2.75) is 25.7 Å². The van der Waals surface area contributed by atoms with Gasteiger partial charge in [0.2, 0.25) is 5.91 Å². The first-order chi connectivity index (χ1) is 14.4. The molecular weight excluding hydrogens is 376 g/mol. The molecule has 7 heteroatoms. The van der Waals surface area contributed by atoms with Crippen LogP contribution in [0.4, 0.5) is 0 Å². The molecule has 0 radical (unpaired) electrons. The topological polar surface area (TPSA) is 113 Å². The van der Waals surface area contributed by atoms with Gasteiger partial charge in [-0.05, 0) is 50.7 Å². The van der Waals surface area contributed by atoms with Crippen molar-refractivity contribution in [3.05, 3.63) is 72.2 Å². The number of hydrogen-bond acceptors (Lipinski definition) is 5. The van der Waals surface area contributed by atoms with Gasteiger partial charge in [0.1, 0.15) is 0 Å². The fraction of sp³-hybridized carbons (Fsp3) is 0.217. The lowest BCUT2D eigenvalue weighted by Gasteiger charge is -2.20. The lowest BCUT2D eigenvalue weighted by Crippen LogP contribution is -2.36. The highest BCUT2D eigenvalue weighted by Crippen LogP contribution is 2.26. The second-order valence-corrected chi connectivity index (χ2v) is 7.75. The van der Waals surface area contributed by atoms with Crippen molar-refractivity contribution < 1.29 is 4.79 Å². The van der Waals surface area contributed by atoms with Crippen LogP contribution < -0.4 is 11.5 Å². The zero-order valence-electron chi connectivity index (χ0n) is 17.0. The minimum atomic E-state index is -0.878. The van der Waals surface area contributed by atoms with Crippen molar-refractivity contribution in [3.63, 3.8) is 0 Å². The molecule has 0 aliphatic rings. The van der Waals surface area contributed by atoms with Crippen molar-refractivity contribution in [2.24, 2.45) is 11.5 Å². The summed E-state index contributed by atoms with van der Waals surface area (Å²) >= 11 is 0. The number of carbonyl (C=O) groups excluding carboxylic acids is 1. The van der Waals surface area contributed by atoms with E-state index in [2.05, 4.69) is 10.1 Å². The molecule has 0 atom stereocenters. The smallest absolute Gasteiger partial charge is 0.229 e. The number of carbonyl (C=O) groups is 1. The molecule has 3 heterocycles. The van der Waals surface area contributed by atoms with Crippen LogP contribution in [0, 0.1) is 0 Å². The summed E-state index contributed by atoms with van der Waals surface area (Å²) in [5, 5.41) is 5.50. The number of nitrogens with zero attached hydrogens (tertiary/aromatic N) is 4. The molecule has 0 spiro atoms. The van der Waals surface area contributed by atoms with Crippen molar-refractivity contribution in [2.75, 3.05) is 6.54 Å². The molecule has 0 fully saturated rings. The van der Waals surface area contributed by atoms with E-state index in [1.54, 1.807) is 30.8 Å². The lowest BCUT2D eigenvalue weighted by molar-refractivity contribution is -0.122. The molecule has 4 N–H and O–H groups in total. The summed E-state index contributed by atoms with van der Waals surface area (Å²) in [4.78, 5) is 21.2. The van der Waals surface area contributed by atoms with E-state index < -0.39 is 11.3 Å². The van der Waals surface area contributed by atoms with E-state index >= 15 is 0 Å². The standard InChI is InChI=1S/C23H24N6O/c1-23(2,22(25)30)20-7-4-8-21(28-20)29-19-13-15(9-10-16(19)14-26-29)18-6-3-5-17(27-18)11-12-24/h3-10,13-14H,11-12,24H2,1-2H3,(H2,25,30). The molecule has 0 aliphatic heterocycles. The molecule has 1 aromatic carbocycles. The van der Waals surface area contributed by atoms with Gasteiger partial charge in [0, 0.05) is 23.1 Å². The zero-order valence-corrected chi connectivity index (χ0v) is 17.0.